The maximum atomic E-state index is 11.6. The van der Waals surface area contributed by atoms with Gasteiger partial charge in [-0.25, -0.2) is 4.79 Å². The summed E-state index contributed by atoms with van der Waals surface area (Å²) in [6.45, 7) is 3.27. The van der Waals surface area contributed by atoms with Gasteiger partial charge in [0.25, 0.3) is 0 Å². The van der Waals surface area contributed by atoms with E-state index in [1.165, 1.54) is 13.1 Å². The molecule has 19 heavy (non-hydrogen) atoms. The maximum Gasteiger partial charge on any atom is 0.343 e. The standard InChI is InChI=1S/C13H13Cl2NO3/c1-3-19-13(18)12(8(2)17)7-16-11-5-9(14)4-10(15)6-11/h4-7,17H,3H2,1-2H3/b12-8+,16-7?. The van der Waals surface area contributed by atoms with Crippen LogP contribution >= 0.6 is 23.2 Å². The van der Waals surface area contributed by atoms with E-state index in [0.29, 0.717) is 15.7 Å². The van der Waals surface area contributed by atoms with Crippen molar-refractivity contribution in [3.05, 3.63) is 39.6 Å². The molecule has 0 atom stereocenters. The zero-order valence-electron chi connectivity index (χ0n) is 10.5. The van der Waals surface area contributed by atoms with Crippen LogP contribution in [0.3, 0.4) is 0 Å². The third kappa shape index (κ3) is 4.93. The summed E-state index contributed by atoms with van der Waals surface area (Å²) in [5.74, 6) is -0.810. The molecule has 1 aromatic carbocycles. The van der Waals surface area contributed by atoms with Gasteiger partial charge >= 0.3 is 5.97 Å². The molecule has 0 unspecified atom stereocenters. The van der Waals surface area contributed by atoms with E-state index in [0.717, 1.165) is 0 Å². The van der Waals surface area contributed by atoms with Gasteiger partial charge in [-0.15, -0.1) is 0 Å². The fourth-order valence-electron chi connectivity index (χ4n) is 1.26. The number of allylic oxidation sites excluding steroid dienone is 1. The topological polar surface area (TPSA) is 58.9 Å². The third-order valence-electron chi connectivity index (χ3n) is 2.08. The lowest BCUT2D eigenvalue weighted by Crippen LogP contribution is -2.10. The van der Waals surface area contributed by atoms with Crippen LogP contribution in [0.5, 0.6) is 0 Å². The van der Waals surface area contributed by atoms with Gasteiger partial charge in [0.15, 0.2) is 0 Å². The van der Waals surface area contributed by atoms with Crippen molar-refractivity contribution in [2.45, 2.75) is 13.8 Å². The highest BCUT2D eigenvalue weighted by Crippen LogP contribution is 2.24. The monoisotopic (exact) mass is 301 g/mol. The third-order valence-corrected chi connectivity index (χ3v) is 2.51. The lowest BCUT2D eigenvalue weighted by Gasteiger charge is -2.03. The molecule has 1 aromatic rings. The second-order valence-corrected chi connectivity index (χ2v) is 4.48. The van der Waals surface area contributed by atoms with Gasteiger partial charge in [-0.1, -0.05) is 23.2 Å². The Hall–Kier alpha value is -1.52. The molecule has 0 saturated heterocycles. The first-order valence-electron chi connectivity index (χ1n) is 5.51. The number of ether oxygens (including phenoxy) is 1. The Bertz CT molecular complexity index is 514. The van der Waals surface area contributed by atoms with E-state index in [1.54, 1.807) is 25.1 Å². The minimum Gasteiger partial charge on any atom is -0.512 e. The van der Waals surface area contributed by atoms with Crippen LogP contribution in [0.25, 0.3) is 0 Å². The number of aliphatic imine (C=N–C) groups is 1. The quantitative estimate of drug-likeness (QED) is 0.394. The van der Waals surface area contributed by atoms with Crippen molar-refractivity contribution < 1.29 is 14.6 Å². The number of esters is 1. The maximum absolute atomic E-state index is 11.6. The number of nitrogens with zero attached hydrogens (tertiary/aromatic N) is 1. The summed E-state index contributed by atoms with van der Waals surface area (Å²) in [4.78, 5) is 15.6. The van der Waals surface area contributed by atoms with Crippen LogP contribution in [0.4, 0.5) is 5.69 Å². The number of rotatable bonds is 4. The largest absolute Gasteiger partial charge is 0.512 e. The summed E-state index contributed by atoms with van der Waals surface area (Å²) in [5.41, 5.74) is 0.457. The first-order chi connectivity index (χ1) is 8.93. The Labute approximate surface area is 121 Å². The van der Waals surface area contributed by atoms with Crippen molar-refractivity contribution >= 4 is 41.1 Å². The lowest BCUT2D eigenvalue weighted by atomic mass is 10.2. The van der Waals surface area contributed by atoms with Gasteiger partial charge in [0, 0.05) is 16.3 Å². The summed E-state index contributed by atoms with van der Waals surface area (Å²) < 4.78 is 4.80. The molecule has 102 valence electrons. The Balaban J connectivity index is 3.00. The number of aliphatic hydroxyl groups excluding tert-OH is 1. The van der Waals surface area contributed by atoms with Crippen LogP contribution in [0.15, 0.2) is 34.5 Å². The van der Waals surface area contributed by atoms with Gasteiger partial charge < -0.3 is 9.84 Å². The van der Waals surface area contributed by atoms with Crippen molar-refractivity contribution in [3.63, 3.8) is 0 Å². The predicted molar refractivity (Wildman–Crippen MR) is 76.6 cm³/mol. The molecule has 0 spiro atoms. The predicted octanol–water partition coefficient (Wildman–Crippen LogP) is 4.09. The molecule has 0 saturated carbocycles. The Morgan fingerprint density at radius 2 is 1.95 bits per heavy atom. The minimum atomic E-state index is -0.639. The zero-order valence-corrected chi connectivity index (χ0v) is 12.0. The van der Waals surface area contributed by atoms with Crippen molar-refractivity contribution in [1.29, 1.82) is 0 Å². The van der Waals surface area contributed by atoms with Crippen molar-refractivity contribution in [2.24, 2.45) is 4.99 Å². The molecule has 1 N–H and O–H groups in total. The average Bonchev–Trinajstić information content (AvgIpc) is 2.27. The number of hydrogen-bond acceptors (Lipinski definition) is 4. The molecule has 0 amide bonds. The van der Waals surface area contributed by atoms with Crippen LogP contribution in [0.1, 0.15) is 13.8 Å². The van der Waals surface area contributed by atoms with E-state index in [-0.39, 0.29) is 17.9 Å². The van der Waals surface area contributed by atoms with Gasteiger partial charge in [0.1, 0.15) is 11.3 Å². The summed E-state index contributed by atoms with van der Waals surface area (Å²) in [6.07, 6.45) is 1.22. The summed E-state index contributed by atoms with van der Waals surface area (Å²) >= 11 is 11.7. The second kappa shape index (κ2) is 7.16. The van der Waals surface area contributed by atoms with E-state index in [1.807, 2.05) is 0 Å². The SMILES string of the molecule is CCOC(=O)/C(C=Nc1cc(Cl)cc(Cl)c1)=C(\C)O. The molecule has 0 aliphatic rings. The normalized spacial score (nSPS) is 12.4. The highest BCUT2D eigenvalue weighted by atomic mass is 35.5. The first-order valence-corrected chi connectivity index (χ1v) is 6.26. The van der Waals surface area contributed by atoms with Gasteiger partial charge in [-0.05, 0) is 32.0 Å². The number of benzene rings is 1. The van der Waals surface area contributed by atoms with E-state index in [9.17, 15) is 9.90 Å². The molecular formula is C13H13Cl2NO3. The fraction of sp³-hybridized carbons (Fsp3) is 0.231. The van der Waals surface area contributed by atoms with Crippen LogP contribution in [0.2, 0.25) is 10.0 Å². The minimum absolute atomic E-state index is 0.0158. The fourth-order valence-corrected chi connectivity index (χ4v) is 1.77. The molecule has 0 aliphatic heterocycles. The number of carbonyl (C=O) groups is 1. The van der Waals surface area contributed by atoms with Crippen molar-refractivity contribution in [2.75, 3.05) is 6.61 Å². The van der Waals surface area contributed by atoms with Gasteiger partial charge in [-0.3, -0.25) is 4.99 Å². The Morgan fingerprint density at radius 1 is 1.37 bits per heavy atom. The molecule has 0 fully saturated rings. The molecule has 0 bridgehead atoms. The van der Waals surface area contributed by atoms with Gasteiger partial charge in [0.2, 0.25) is 0 Å². The van der Waals surface area contributed by atoms with Gasteiger partial charge in [0.05, 0.1) is 12.3 Å². The summed E-state index contributed by atoms with van der Waals surface area (Å²) in [6, 6.07) is 4.74. The van der Waals surface area contributed by atoms with E-state index < -0.39 is 5.97 Å². The lowest BCUT2D eigenvalue weighted by molar-refractivity contribution is -0.138. The first kappa shape index (κ1) is 15.5. The Morgan fingerprint density at radius 3 is 2.42 bits per heavy atom. The highest BCUT2D eigenvalue weighted by molar-refractivity contribution is 6.35. The van der Waals surface area contributed by atoms with Gasteiger partial charge in [-0.2, -0.15) is 0 Å². The molecule has 0 aromatic heterocycles. The Kier molecular flexibility index (Phi) is 5.86. The average molecular weight is 302 g/mol. The number of carbonyl (C=O) groups excluding carboxylic acids is 1. The molecule has 4 nitrogen and oxygen atoms in total. The van der Waals surface area contributed by atoms with Crippen LogP contribution in [0, 0.1) is 0 Å². The second-order valence-electron chi connectivity index (χ2n) is 3.61. The number of aliphatic hydroxyl groups is 1. The van der Waals surface area contributed by atoms with Crippen molar-refractivity contribution in [1.82, 2.24) is 0 Å². The number of halogens is 2. The molecule has 1 rings (SSSR count). The van der Waals surface area contributed by atoms with Crippen LogP contribution < -0.4 is 0 Å². The summed E-state index contributed by atoms with van der Waals surface area (Å²) in [7, 11) is 0. The number of hydrogen-bond donors (Lipinski definition) is 1. The van der Waals surface area contributed by atoms with E-state index in [2.05, 4.69) is 4.99 Å². The van der Waals surface area contributed by atoms with Crippen LogP contribution in [-0.2, 0) is 9.53 Å². The molecule has 0 heterocycles. The molecule has 0 radical (unpaired) electrons. The molecule has 0 aliphatic carbocycles. The summed E-state index contributed by atoms with van der Waals surface area (Å²) in [5, 5.41) is 10.3. The van der Waals surface area contributed by atoms with Crippen LogP contribution in [-0.4, -0.2) is 23.9 Å². The van der Waals surface area contributed by atoms with Crippen molar-refractivity contribution in [3.8, 4) is 0 Å². The highest BCUT2D eigenvalue weighted by Gasteiger charge is 2.11. The smallest absolute Gasteiger partial charge is 0.343 e. The van der Waals surface area contributed by atoms with E-state index >= 15 is 0 Å². The molecule has 6 heteroatoms. The molecular weight excluding hydrogens is 289 g/mol. The zero-order chi connectivity index (χ0) is 14.4. The van der Waals surface area contributed by atoms with E-state index in [4.69, 9.17) is 27.9 Å².